The van der Waals surface area contributed by atoms with Gasteiger partial charge >= 0.3 is 11.9 Å². The molecule has 1 aliphatic rings. The van der Waals surface area contributed by atoms with E-state index in [1.165, 1.54) is 36.4 Å². The van der Waals surface area contributed by atoms with E-state index in [4.69, 9.17) is 11.6 Å². The summed E-state index contributed by atoms with van der Waals surface area (Å²) >= 11 is 6.04. The van der Waals surface area contributed by atoms with Crippen molar-refractivity contribution in [2.24, 2.45) is 15.9 Å². The van der Waals surface area contributed by atoms with Crippen LogP contribution in [0, 0.1) is 11.7 Å². The van der Waals surface area contributed by atoms with Crippen LogP contribution in [-0.4, -0.2) is 40.1 Å². The predicted molar refractivity (Wildman–Crippen MR) is 94.2 cm³/mol. The fourth-order valence-corrected chi connectivity index (χ4v) is 2.83. The van der Waals surface area contributed by atoms with Gasteiger partial charge in [0, 0.05) is 16.1 Å². The molecule has 0 radical (unpaired) electrons. The van der Waals surface area contributed by atoms with Crippen molar-refractivity contribution in [3.05, 3.63) is 64.4 Å². The highest BCUT2D eigenvalue weighted by atomic mass is 35.5. The average molecular weight is 375 g/mol. The number of aliphatic carboxylic acids is 2. The summed E-state index contributed by atoms with van der Waals surface area (Å²) in [5.41, 5.74) is 0.937. The Bertz CT molecular complexity index is 957. The molecule has 0 unspecified atom stereocenters. The first-order valence-electron chi connectivity index (χ1n) is 7.51. The summed E-state index contributed by atoms with van der Waals surface area (Å²) in [4.78, 5) is 31.1. The van der Waals surface area contributed by atoms with Crippen molar-refractivity contribution in [1.29, 1.82) is 0 Å². The summed E-state index contributed by atoms with van der Waals surface area (Å²) in [7, 11) is 0. The molecule has 0 saturated carbocycles. The maximum Gasteiger partial charge on any atom is 0.323 e. The molecule has 132 valence electrons. The van der Waals surface area contributed by atoms with Crippen molar-refractivity contribution < 1.29 is 24.2 Å². The summed E-state index contributed by atoms with van der Waals surface area (Å²) in [5.74, 6) is -5.46. The van der Waals surface area contributed by atoms with E-state index in [0.29, 0.717) is 10.6 Å². The Balaban J connectivity index is 2.21. The Hall–Kier alpha value is -3.06. The van der Waals surface area contributed by atoms with Crippen LogP contribution < -0.4 is 0 Å². The highest BCUT2D eigenvalue weighted by molar-refractivity contribution is 6.32. The predicted octanol–water partition coefficient (Wildman–Crippen LogP) is 3.19. The molecular formula is C18H12ClFN2O4. The largest absolute Gasteiger partial charge is 0.480 e. The third-order valence-electron chi connectivity index (χ3n) is 3.83. The maximum absolute atomic E-state index is 14.3. The summed E-state index contributed by atoms with van der Waals surface area (Å²) in [6.45, 7) is -0.292. The number of carboxylic acids is 2. The second-order valence-electron chi connectivity index (χ2n) is 5.52. The Morgan fingerprint density at radius 1 is 1.08 bits per heavy atom. The molecule has 2 N–H and O–H groups in total. The van der Waals surface area contributed by atoms with Gasteiger partial charge in [-0.1, -0.05) is 23.7 Å². The van der Waals surface area contributed by atoms with Crippen molar-refractivity contribution in [3.63, 3.8) is 0 Å². The molecule has 0 amide bonds. The molecule has 0 atom stereocenters. The van der Waals surface area contributed by atoms with Crippen LogP contribution in [0.25, 0.3) is 0 Å². The van der Waals surface area contributed by atoms with Gasteiger partial charge in [-0.15, -0.1) is 0 Å². The minimum absolute atomic E-state index is 0.153. The Morgan fingerprint density at radius 3 is 2.42 bits per heavy atom. The monoisotopic (exact) mass is 374 g/mol. The smallest absolute Gasteiger partial charge is 0.323 e. The van der Waals surface area contributed by atoms with E-state index in [0.717, 1.165) is 0 Å². The molecule has 8 heteroatoms. The lowest BCUT2D eigenvalue weighted by Gasteiger charge is -2.09. The third kappa shape index (κ3) is 3.34. The molecule has 26 heavy (non-hydrogen) atoms. The molecule has 0 aliphatic carbocycles. The van der Waals surface area contributed by atoms with Gasteiger partial charge in [-0.05, 0) is 30.3 Å². The molecule has 0 spiro atoms. The fraction of sp³-hybridized carbons (Fsp3) is 0.111. The first kappa shape index (κ1) is 17.8. The Kier molecular flexibility index (Phi) is 4.81. The number of fused-ring (bicyclic) bond motifs is 1. The van der Waals surface area contributed by atoms with Crippen LogP contribution in [0.1, 0.15) is 11.1 Å². The Morgan fingerprint density at radius 2 is 1.77 bits per heavy atom. The lowest BCUT2D eigenvalue weighted by Crippen LogP contribution is -2.33. The quantitative estimate of drug-likeness (QED) is 0.803. The lowest BCUT2D eigenvalue weighted by atomic mass is 10.0. The van der Waals surface area contributed by atoms with E-state index in [1.54, 1.807) is 6.07 Å². The van der Waals surface area contributed by atoms with Gasteiger partial charge in [0.2, 0.25) is 0 Å². The molecule has 1 heterocycles. The molecule has 0 fully saturated rings. The zero-order valence-electron chi connectivity index (χ0n) is 13.2. The first-order valence-corrected chi connectivity index (χ1v) is 7.88. The molecule has 6 nitrogen and oxygen atoms in total. The van der Waals surface area contributed by atoms with E-state index in [1.807, 2.05) is 0 Å². The minimum Gasteiger partial charge on any atom is -0.480 e. The fourth-order valence-electron chi connectivity index (χ4n) is 2.66. The van der Waals surface area contributed by atoms with Crippen LogP contribution in [0.5, 0.6) is 0 Å². The maximum atomic E-state index is 14.3. The zero-order chi connectivity index (χ0) is 18.8. The number of hydrogen-bond donors (Lipinski definition) is 2. The molecule has 0 bridgehead atoms. The molecule has 2 aromatic rings. The van der Waals surface area contributed by atoms with Gasteiger partial charge in [-0.3, -0.25) is 19.6 Å². The van der Waals surface area contributed by atoms with Gasteiger partial charge in [0.05, 0.1) is 23.7 Å². The van der Waals surface area contributed by atoms with Crippen LogP contribution in [-0.2, 0) is 9.59 Å². The van der Waals surface area contributed by atoms with Crippen molar-refractivity contribution in [1.82, 2.24) is 0 Å². The normalized spacial score (nSPS) is 13.5. The van der Waals surface area contributed by atoms with Crippen LogP contribution in [0.4, 0.5) is 10.1 Å². The summed E-state index contributed by atoms with van der Waals surface area (Å²) in [6.07, 6.45) is 0. The molecule has 3 rings (SSSR count). The average Bonchev–Trinajstić information content (AvgIpc) is 2.74. The van der Waals surface area contributed by atoms with Gasteiger partial charge in [0.25, 0.3) is 0 Å². The molecule has 2 aromatic carbocycles. The minimum atomic E-state index is -1.85. The van der Waals surface area contributed by atoms with Crippen molar-refractivity contribution in [2.45, 2.75) is 0 Å². The van der Waals surface area contributed by atoms with Crippen molar-refractivity contribution in [3.8, 4) is 0 Å². The van der Waals surface area contributed by atoms with Gasteiger partial charge in [0.1, 0.15) is 5.82 Å². The second kappa shape index (κ2) is 7.05. The third-order valence-corrected chi connectivity index (χ3v) is 4.07. The number of hydrogen-bond acceptors (Lipinski definition) is 4. The highest BCUT2D eigenvalue weighted by Gasteiger charge is 2.33. The number of benzene rings is 2. The molecule has 1 aliphatic heterocycles. The number of carbonyl (C=O) groups is 2. The SMILES string of the molecule is O=C(O)C(C(=O)O)C1=Nc2ccc(Cl)cc2C(c2ccccc2F)=NC1. The number of carboxylic acid groups (broad SMARTS) is 2. The second-order valence-corrected chi connectivity index (χ2v) is 5.96. The van der Waals surface area contributed by atoms with Crippen LogP contribution in [0.2, 0.25) is 5.02 Å². The van der Waals surface area contributed by atoms with E-state index >= 15 is 0 Å². The van der Waals surface area contributed by atoms with Gasteiger partial charge in [0.15, 0.2) is 5.92 Å². The summed E-state index contributed by atoms with van der Waals surface area (Å²) < 4.78 is 14.3. The van der Waals surface area contributed by atoms with E-state index in [2.05, 4.69) is 9.98 Å². The van der Waals surface area contributed by atoms with E-state index < -0.39 is 23.7 Å². The Labute approximate surface area is 152 Å². The first-order chi connectivity index (χ1) is 12.4. The van der Waals surface area contributed by atoms with Gasteiger partial charge in [-0.2, -0.15) is 0 Å². The number of rotatable bonds is 4. The van der Waals surface area contributed by atoms with Crippen molar-refractivity contribution >= 4 is 40.7 Å². The van der Waals surface area contributed by atoms with Crippen LogP contribution in [0.15, 0.2) is 52.4 Å². The number of aliphatic imine (C=N–C) groups is 2. The molecule has 0 saturated heterocycles. The standard InChI is InChI=1S/C18H12ClFN2O4/c19-9-5-6-13-11(7-9)16(10-3-1-2-4-12(10)20)21-8-14(22-13)15(17(23)24)18(25)26/h1-7,15H,8H2,(H,23,24)(H,25,26). The lowest BCUT2D eigenvalue weighted by molar-refractivity contribution is -0.150. The molecule has 0 aromatic heterocycles. The number of halogens is 2. The van der Waals surface area contributed by atoms with Gasteiger partial charge in [-0.25, -0.2) is 4.39 Å². The summed E-state index contributed by atoms with van der Waals surface area (Å²) in [6, 6.07) is 10.5. The number of nitrogens with zero attached hydrogens (tertiary/aromatic N) is 2. The highest BCUT2D eigenvalue weighted by Crippen LogP contribution is 2.30. The van der Waals surface area contributed by atoms with Crippen LogP contribution in [0.3, 0.4) is 0 Å². The van der Waals surface area contributed by atoms with E-state index in [9.17, 15) is 24.2 Å². The topological polar surface area (TPSA) is 99.3 Å². The van der Waals surface area contributed by atoms with Crippen LogP contribution >= 0.6 is 11.6 Å². The van der Waals surface area contributed by atoms with Crippen molar-refractivity contribution in [2.75, 3.05) is 6.54 Å². The van der Waals surface area contributed by atoms with E-state index in [-0.39, 0.29) is 29.2 Å². The van der Waals surface area contributed by atoms with Gasteiger partial charge < -0.3 is 10.2 Å². The summed E-state index contributed by atoms with van der Waals surface area (Å²) in [5, 5.41) is 18.8. The zero-order valence-corrected chi connectivity index (χ0v) is 13.9. The molecular weight excluding hydrogens is 363 g/mol.